The van der Waals surface area contributed by atoms with Gasteiger partial charge in [0.2, 0.25) is 0 Å². The van der Waals surface area contributed by atoms with Gasteiger partial charge in [-0.15, -0.1) is 0 Å². The van der Waals surface area contributed by atoms with E-state index in [2.05, 4.69) is 4.98 Å². The zero-order valence-electron chi connectivity index (χ0n) is 25.2. The zero-order valence-corrected chi connectivity index (χ0v) is 25.2. The van der Waals surface area contributed by atoms with Gasteiger partial charge in [-0.1, -0.05) is 18.2 Å². The molecule has 15 heteroatoms. The van der Waals surface area contributed by atoms with Crippen LogP contribution in [0.25, 0.3) is 33.9 Å². The molecule has 0 fully saturated rings. The predicted molar refractivity (Wildman–Crippen MR) is 168 cm³/mol. The number of aromatic nitrogens is 3. The Morgan fingerprint density at radius 3 is 1.64 bits per heavy atom. The van der Waals surface area contributed by atoms with Crippen LogP contribution < -0.4 is 10.5 Å². The van der Waals surface area contributed by atoms with E-state index < -0.39 is 50.1 Å². The maximum atomic E-state index is 11.5. The van der Waals surface area contributed by atoms with Crippen LogP contribution in [0, 0.1) is 0 Å². The smallest absolute Gasteiger partial charge is 0.317 e. The average molecular weight is 645 g/mol. The van der Waals surface area contributed by atoms with Crippen LogP contribution in [-0.4, -0.2) is 102 Å². The first-order valence-electron chi connectivity index (χ1n) is 14.1. The van der Waals surface area contributed by atoms with Crippen molar-refractivity contribution < 1.29 is 44.3 Å². The number of rotatable bonds is 16. The second kappa shape index (κ2) is 15.4. The van der Waals surface area contributed by atoms with Crippen molar-refractivity contribution in [1.29, 1.82) is 0 Å². The van der Waals surface area contributed by atoms with Crippen LogP contribution >= 0.6 is 0 Å². The van der Waals surface area contributed by atoms with Gasteiger partial charge in [-0.05, 0) is 59.7 Å². The summed E-state index contributed by atoms with van der Waals surface area (Å²) in [5, 5.41) is 37.1. The molecule has 1 aromatic carbocycles. The van der Waals surface area contributed by atoms with Gasteiger partial charge >= 0.3 is 23.9 Å². The Morgan fingerprint density at radius 2 is 1.11 bits per heavy atom. The summed E-state index contributed by atoms with van der Waals surface area (Å²) >= 11 is 0. The molecule has 0 aliphatic carbocycles. The number of nitrogen functional groups attached to an aromatic ring is 1. The molecule has 0 amide bonds. The van der Waals surface area contributed by atoms with Gasteiger partial charge in [0.25, 0.3) is 0 Å². The fourth-order valence-corrected chi connectivity index (χ4v) is 4.87. The van der Waals surface area contributed by atoms with Gasteiger partial charge in [-0.25, -0.2) is 15.0 Å². The highest BCUT2D eigenvalue weighted by Crippen LogP contribution is 2.31. The predicted octanol–water partition coefficient (Wildman–Crippen LogP) is 2.41. The number of carbonyl (C=O) groups is 4. The Balaban J connectivity index is 1.74. The van der Waals surface area contributed by atoms with E-state index in [9.17, 15) is 39.6 Å². The van der Waals surface area contributed by atoms with E-state index in [1.54, 1.807) is 66.7 Å². The summed E-state index contributed by atoms with van der Waals surface area (Å²) in [7, 11) is 1.50. The van der Waals surface area contributed by atoms with Crippen molar-refractivity contribution in [2.75, 3.05) is 39.0 Å². The number of ether oxygens (including phenoxy) is 1. The molecule has 0 bridgehead atoms. The first-order valence-corrected chi connectivity index (χ1v) is 14.1. The number of pyridine rings is 3. The maximum Gasteiger partial charge on any atom is 0.317 e. The third kappa shape index (κ3) is 9.78. The summed E-state index contributed by atoms with van der Waals surface area (Å²) in [6, 6.07) is 19.0. The summed E-state index contributed by atoms with van der Waals surface area (Å²) in [5.41, 5.74) is 10.5. The molecule has 15 nitrogen and oxygen atoms in total. The lowest BCUT2D eigenvalue weighted by Gasteiger charge is -2.19. The van der Waals surface area contributed by atoms with Crippen LogP contribution in [0.1, 0.15) is 11.4 Å². The fourth-order valence-electron chi connectivity index (χ4n) is 4.87. The minimum absolute atomic E-state index is 0.0206. The van der Waals surface area contributed by atoms with Crippen molar-refractivity contribution in [3.63, 3.8) is 0 Å². The fraction of sp³-hybridized carbons (Fsp3) is 0.219. The summed E-state index contributed by atoms with van der Waals surface area (Å²) in [6.45, 7) is -2.10. The van der Waals surface area contributed by atoms with Crippen molar-refractivity contribution in [2.45, 2.75) is 13.1 Å². The number of carboxylic acids is 4. The van der Waals surface area contributed by atoms with E-state index in [0.29, 0.717) is 56.7 Å². The van der Waals surface area contributed by atoms with Crippen molar-refractivity contribution in [3.8, 4) is 39.7 Å². The molecule has 4 aromatic rings. The number of aliphatic carboxylic acids is 4. The molecule has 0 atom stereocenters. The molecule has 0 aliphatic rings. The Morgan fingerprint density at radius 1 is 0.617 bits per heavy atom. The molecule has 0 saturated heterocycles. The van der Waals surface area contributed by atoms with Crippen LogP contribution in [0.2, 0.25) is 0 Å². The minimum Gasteiger partial charge on any atom is -0.495 e. The van der Waals surface area contributed by atoms with E-state index in [4.69, 9.17) is 20.4 Å². The lowest BCUT2D eigenvalue weighted by Crippen LogP contribution is -2.34. The van der Waals surface area contributed by atoms with Crippen molar-refractivity contribution in [1.82, 2.24) is 24.8 Å². The third-order valence-electron chi connectivity index (χ3n) is 6.73. The molecule has 0 aliphatic heterocycles. The largest absolute Gasteiger partial charge is 0.495 e. The Kier molecular flexibility index (Phi) is 11.1. The molecular weight excluding hydrogens is 612 g/mol. The summed E-state index contributed by atoms with van der Waals surface area (Å²) in [6.07, 6.45) is 0. The molecule has 0 saturated carbocycles. The number of hydrogen-bond acceptors (Lipinski definition) is 11. The number of carboxylic acid groups (broad SMARTS) is 4. The van der Waals surface area contributed by atoms with Gasteiger partial charge in [0.15, 0.2) is 0 Å². The second-order valence-corrected chi connectivity index (χ2v) is 10.5. The van der Waals surface area contributed by atoms with Crippen LogP contribution in [0.5, 0.6) is 5.75 Å². The van der Waals surface area contributed by atoms with E-state index in [0.717, 1.165) is 0 Å². The Labute approximate surface area is 268 Å². The Hall–Kier alpha value is -5.93. The van der Waals surface area contributed by atoms with Crippen molar-refractivity contribution in [3.05, 3.63) is 78.1 Å². The van der Waals surface area contributed by atoms with Crippen LogP contribution in [-0.2, 0) is 32.3 Å². The summed E-state index contributed by atoms with van der Waals surface area (Å²) < 4.78 is 5.27. The van der Waals surface area contributed by atoms with Gasteiger partial charge in [0.1, 0.15) is 5.75 Å². The number of methoxy groups -OCH3 is 1. The first-order chi connectivity index (χ1) is 22.4. The SMILES string of the molecule is COc1ccc(-c2cc(CN(CC(=O)O)CC(=O)O)nc(-c3cccc(-c4cccc(CN(CC(=O)O)CC(=O)O)n4)n3)c2)cc1N. The zero-order chi connectivity index (χ0) is 34.1. The average Bonchev–Trinajstić information content (AvgIpc) is 2.99. The van der Waals surface area contributed by atoms with Crippen molar-refractivity contribution in [2.24, 2.45) is 0 Å². The molecule has 3 heterocycles. The Bertz CT molecular complexity index is 1770. The molecule has 4 rings (SSSR count). The lowest BCUT2D eigenvalue weighted by molar-refractivity contribution is -0.144. The third-order valence-corrected chi connectivity index (χ3v) is 6.73. The topological polar surface area (TPSA) is 230 Å². The summed E-state index contributed by atoms with van der Waals surface area (Å²) in [5.74, 6) is -4.24. The maximum absolute atomic E-state index is 11.5. The lowest BCUT2D eigenvalue weighted by atomic mass is 10.0. The monoisotopic (exact) mass is 644 g/mol. The van der Waals surface area contributed by atoms with Gasteiger partial charge in [-0.3, -0.25) is 29.0 Å². The highest BCUT2D eigenvalue weighted by atomic mass is 16.5. The van der Waals surface area contributed by atoms with Gasteiger partial charge < -0.3 is 30.9 Å². The standard InChI is InChI=1S/C32H32N6O9/c1-47-28-9-8-19(11-23(28)33)20-10-22(14-38(17-31(43)44)18-32(45)46)35-27(12-20)26-7-3-6-25(36-26)24-5-2-4-21(34-24)13-37(15-29(39)40)16-30(41)42/h2-12H,13-18,33H2,1H3,(H,39,40)(H,41,42)(H,43,44)(H,45,46). The minimum atomic E-state index is -1.19. The molecular formula is C32H32N6O9. The summed E-state index contributed by atoms with van der Waals surface area (Å²) in [4.78, 5) is 61.9. The van der Waals surface area contributed by atoms with Crippen LogP contribution in [0.3, 0.4) is 0 Å². The first kappa shape index (κ1) is 34.0. The number of hydrogen-bond donors (Lipinski definition) is 5. The molecule has 244 valence electrons. The van der Waals surface area contributed by atoms with E-state index >= 15 is 0 Å². The highest BCUT2D eigenvalue weighted by molar-refractivity contribution is 5.76. The highest BCUT2D eigenvalue weighted by Gasteiger charge is 2.18. The van der Waals surface area contributed by atoms with Crippen LogP contribution in [0.4, 0.5) is 5.69 Å². The molecule has 0 spiro atoms. The van der Waals surface area contributed by atoms with Gasteiger partial charge in [0, 0.05) is 13.1 Å². The van der Waals surface area contributed by atoms with Gasteiger partial charge in [0.05, 0.1) is 73.1 Å². The van der Waals surface area contributed by atoms with Gasteiger partial charge in [-0.2, -0.15) is 0 Å². The second-order valence-electron chi connectivity index (χ2n) is 10.5. The quantitative estimate of drug-likeness (QED) is 0.110. The number of anilines is 1. The molecule has 3 aromatic heterocycles. The number of nitrogens with zero attached hydrogens (tertiary/aromatic N) is 5. The van der Waals surface area contributed by atoms with E-state index in [1.807, 2.05) is 0 Å². The van der Waals surface area contributed by atoms with Crippen LogP contribution in [0.15, 0.2) is 66.7 Å². The van der Waals surface area contributed by atoms with Crippen molar-refractivity contribution >= 4 is 29.6 Å². The normalized spacial score (nSPS) is 11.0. The molecule has 47 heavy (non-hydrogen) atoms. The van der Waals surface area contributed by atoms with E-state index in [1.165, 1.54) is 16.9 Å². The van der Waals surface area contributed by atoms with E-state index in [-0.39, 0.29) is 13.1 Å². The molecule has 0 radical (unpaired) electrons. The number of nitrogens with two attached hydrogens (primary N) is 1. The molecule has 0 unspecified atom stereocenters. The number of benzene rings is 1. The molecule has 6 N–H and O–H groups in total.